The minimum absolute atomic E-state index is 0.0572. The first-order valence-corrected chi connectivity index (χ1v) is 8.48. The molecule has 122 valence electrons. The predicted molar refractivity (Wildman–Crippen MR) is 91.8 cm³/mol. The third kappa shape index (κ3) is 2.53. The van der Waals surface area contributed by atoms with Crippen LogP contribution in [0.5, 0.6) is 0 Å². The Hall–Kier alpha value is -2.46. The second-order valence-electron chi connectivity index (χ2n) is 6.76. The fourth-order valence-corrected chi connectivity index (χ4v) is 3.82. The summed E-state index contributed by atoms with van der Waals surface area (Å²) in [6.07, 6.45) is 1.28. The van der Waals surface area contributed by atoms with Crippen molar-refractivity contribution in [2.45, 2.75) is 32.4 Å². The molecule has 1 N–H and O–H groups in total. The van der Waals surface area contributed by atoms with Crippen molar-refractivity contribution in [1.29, 1.82) is 0 Å². The molecule has 1 fully saturated rings. The molecule has 2 aromatic rings. The van der Waals surface area contributed by atoms with Gasteiger partial charge in [-0.05, 0) is 24.6 Å². The van der Waals surface area contributed by atoms with Gasteiger partial charge in [-0.25, -0.2) is 4.90 Å². The lowest BCUT2D eigenvalue weighted by atomic mass is 9.98. The summed E-state index contributed by atoms with van der Waals surface area (Å²) in [4.78, 5) is 27.9. The molecule has 0 saturated carbocycles. The largest absolute Gasteiger partial charge is 0.320 e. The van der Waals surface area contributed by atoms with E-state index in [1.165, 1.54) is 20.9 Å². The Labute approximate surface area is 141 Å². The van der Waals surface area contributed by atoms with E-state index >= 15 is 0 Å². The topological polar surface area (TPSA) is 41.8 Å². The molecule has 2 aliphatic heterocycles. The number of imide groups is 1. The second-order valence-corrected chi connectivity index (χ2v) is 6.76. The number of quaternary nitrogens is 1. The monoisotopic (exact) mass is 321 g/mol. The van der Waals surface area contributed by atoms with E-state index in [-0.39, 0.29) is 17.9 Å². The van der Waals surface area contributed by atoms with Crippen molar-refractivity contribution in [2.24, 2.45) is 0 Å². The Kier molecular flexibility index (Phi) is 3.69. The van der Waals surface area contributed by atoms with Crippen LogP contribution in [0.25, 0.3) is 0 Å². The van der Waals surface area contributed by atoms with Crippen LogP contribution in [0, 0.1) is 6.92 Å². The van der Waals surface area contributed by atoms with Crippen LogP contribution in [0.1, 0.15) is 23.1 Å². The molecule has 0 bridgehead atoms. The van der Waals surface area contributed by atoms with Gasteiger partial charge >= 0.3 is 0 Å². The molecule has 0 aliphatic carbocycles. The maximum atomic E-state index is 12.9. The Morgan fingerprint density at radius 2 is 1.71 bits per heavy atom. The summed E-state index contributed by atoms with van der Waals surface area (Å²) < 4.78 is 0. The number of benzene rings is 2. The van der Waals surface area contributed by atoms with Crippen molar-refractivity contribution in [1.82, 2.24) is 0 Å². The average molecular weight is 321 g/mol. The quantitative estimate of drug-likeness (QED) is 0.847. The lowest BCUT2D eigenvalue weighted by Gasteiger charge is -2.29. The molecule has 1 saturated heterocycles. The molecule has 24 heavy (non-hydrogen) atoms. The van der Waals surface area contributed by atoms with Gasteiger partial charge in [-0.15, -0.1) is 0 Å². The normalized spacial score (nSPS) is 23.5. The molecule has 2 aromatic carbocycles. The maximum Gasteiger partial charge on any atom is 0.292 e. The number of carbonyl (C=O) groups excluding carboxylic acids is 2. The van der Waals surface area contributed by atoms with E-state index < -0.39 is 0 Å². The fraction of sp³-hybridized carbons (Fsp3) is 0.300. The van der Waals surface area contributed by atoms with Gasteiger partial charge in [-0.2, -0.15) is 0 Å². The van der Waals surface area contributed by atoms with Crippen molar-refractivity contribution in [3.05, 3.63) is 65.2 Å². The molecule has 0 spiro atoms. The van der Waals surface area contributed by atoms with Crippen molar-refractivity contribution in [3.8, 4) is 0 Å². The Morgan fingerprint density at radius 1 is 1.00 bits per heavy atom. The molecule has 2 heterocycles. The lowest BCUT2D eigenvalue weighted by molar-refractivity contribution is -0.930. The van der Waals surface area contributed by atoms with Gasteiger partial charge in [0, 0.05) is 12.0 Å². The number of nitrogens with one attached hydrogen (secondary N) is 1. The zero-order valence-corrected chi connectivity index (χ0v) is 13.8. The fourth-order valence-electron chi connectivity index (χ4n) is 3.82. The summed E-state index contributed by atoms with van der Waals surface area (Å²) in [5, 5.41) is 0. The number of amides is 2. The van der Waals surface area contributed by atoms with Gasteiger partial charge < -0.3 is 4.90 Å². The van der Waals surface area contributed by atoms with Crippen molar-refractivity contribution in [2.75, 3.05) is 11.4 Å². The number of aryl methyl sites for hydroxylation is 1. The third-order valence-electron chi connectivity index (χ3n) is 5.18. The van der Waals surface area contributed by atoms with Crippen LogP contribution in [0.2, 0.25) is 0 Å². The van der Waals surface area contributed by atoms with Crippen molar-refractivity contribution < 1.29 is 14.5 Å². The maximum absolute atomic E-state index is 12.9. The molecule has 0 aromatic heterocycles. The van der Waals surface area contributed by atoms with E-state index in [9.17, 15) is 9.59 Å². The first-order chi connectivity index (χ1) is 11.6. The third-order valence-corrected chi connectivity index (χ3v) is 5.18. The van der Waals surface area contributed by atoms with Crippen molar-refractivity contribution in [3.63, 3.8) is 0 Å². The second kappa shape index (κ2) is 5.87. The van der Waals surface area contributed by atoms with E-state index in [2.05, 4.69) is 18.2 Å². The van der Waals surface area contributed by atoms with Gasteiger partial charge in [0.15, 0.2) is 6.04 Å². The molecule has 2 amide bonds. The van der Waals surface area contributed by atoms with Gasteiger partial charge in [0.1, 0.15) is 6.54 Å². The molecular weight excluding hydrogens is 300 g/mol. The molecule has 1 unspecified atom stereocenters. The number of hydrogen-bond acceptors (Lipinski definition) is 2. The summed E-state index contributed by atoms with van der Waals surface area (Å²) >= 11 is 0. The first kappa shape index (κ1) is 15.1. The van der Waals surface area contributed by atoms with Crippen LogP contribution >= 0.6 is 0 Å². The van der Waals surface area contributed by atoms with Crippen LogP contribution in [0.15, 0.2) is 48.5 Å². The number of rotatable bonds is 2. The first-order valence-electron chi connectivity index (χ1n) is 8.48. The van der Waals surface area contributed by atoms with Crippen molar-refractivity contribution >= 4 is 17.5 Å². The minimum atomic E-state index is -0.257. The number of fused-ring (bicyclic) bond motifs is 1. The minimum Gasteiger partial charge on any atom is -0.320 e. The zero-order valence-electron chi connectivity index (χ0n) is 13.8. The summed E-state index contributed by atoms with van der Waals surface area (Å²) in [5.41, 5.74) is 4.48. The smallest absolute Gasteiger partial charge is 0.292 e. The van der Waals surface area contributed by atoms with Gasteiger partial charge in [0.05, 0.1) is 18.7 Å². The molecule has 0 radical (unpaired) electrons. The highest BCUT2D eigenvalue weighted by molar-refractivity contribution is 6.21. The molecule has 2 aliphatic rings. The van der Waals surface area contributed by atoms with Crippen LogP contribution < -0.4 is 9.80 Å². The zero-order chi connectivity index (χ0) is 16.7. The van der Waals surface area contributed by atoms with Gasteiger partial charge in [-0.3, -0.25) is 9.59 Å². The molecule has 4 heteroatoms. The van der Waals surface area contributed by atoms with Crippen LogP contribution in [-0.4, -0.2) is 24.4 Å². The average Bonchev–Trinajstić information content (AvgIpc) is 2.90. The highest BCUT2D eigenvalue weighted by atomic mass is 16.2. The highest BCUT2D eigenvalue weighted by Gasteiger charge is 2.46. The lowest BCUT2D eigenvalue weighted by Crippen LogP contribution is -3.16. The SMILES string of the molecule is Cc1ccc(N2C(=O)C[C@H]([NH+]3CCc4ccccc4C3)C2=O)cc1. The van der Waals surface area contributed by atoms with E-state index in [0.717, 1.165) is 25.1 Å². The molecule has 4 rings (SSSR count). The van der Waals surface area contributed by atoms with E-state index in [1.54, 1.807) is 0 Å². The van der Waals surface area contributed by atoms with Crippen LogP contribution in [0.3, 0.4) is 0 Å². The van der Waals surface area contributed by atoms with E-state index in [0.29, 0.717) is 12.1 Å². The van der Waals surface area contributed by atoms with Gasteiger partial charge in [-0.1, -0.05) is 42.0 Å². The molecular formula is C20H21N2O2+. The number of carbonyl (C=O) groups is 2. The summed E-state index contributed by atoms with van der Waals surface area (Å²) in [7, 11) is 0. The summed E-state index contributed by atoms with van der Waals surface area (Å²) in [6, 6.07) is 15.7. The van der Waals surface area contributed by atoms with E-state index in [4.69, 9.17) is 0 Å². The Bertz CT molecular complexity index is 798. The van der Waals surface area contributed by atoms with Crippen LogP contribution in [-0.2, 0) is 22.6 Å². The number of hydrogen-bond donors (Lipinski definition) is 1. The number of nitrogens with zero attached hydrogens (tertiary/aromatic N) is 1. The number of anilines is 1. The molecule has 4 nitrogen and oxygen atoms in total. The van der Waals surface area contributed by atoms with E-state index in [1.807, 2.05) is 37.3 Å². The van der Waals surface area contributed by atoms with Gasteiger partial charge in [0.2, 0.25) is 5.91 Å². The van der Waals surface area contributed by atoms with Crippen LogP contribution in [0.4, 0.5) is 5.69 Å². The Morgan fingerprint density at radius 3 is 2.46 bits per heavy atom. The molecule has 2 atom stereocenters. The summed E-state index contributed by atoms with van der Waals surface area (Å²) in [5.74, 6) is -0.140. The standard InChI is InChI=1S/C20H20N2O2/c1-14-6-8-17(9-7-14)22-19(23)12-18(20(22)24)21-11-10-15-4-2-3-5-16(15)13-21/h2-9,18H,10-13H2,1H3/p+1/t18-/m0/s1. The Balaban J connectivity index is 1.57. The highest BCUT2D eigenvalue weighted by Crippen LogP contribution is 2.23. The van der Waals surface area contributed by atoms with Gasteiger partial charge in [0.25, 0.3) is 5.91 Å². The summed E-state index contributed by atoms with van der Waals surface area (Å²) in [6.45, 7) is 3.72. The predicted octanol–water partition coefficient (Wildman–Crippen LogP) is 1.27.